The summed E-state index contributed by atoms with van der Waals surface area (Å²) in [5, 5.41) is 0.678. The average molecular weight is 265 g/mol. The third-order valence-electron chi connectivity index (χ3n) is 3.10. The van der Waals surface area contributed by atoms with Crippen LogP contribution in [0, 0.1) is 0 Å². The van der Waals surface area contributed by atoms with Crippen LogP contribution in [0.4, 0.5) is 0 Å². The van der Waals surface area contributed by atoms with Crippen molar-refractivity contribution in [2.75, 3.05) is 12.4 Å². The number of nitrogens with zero attached hydrogens (tertiary/aromatic N) is 1. The summed E-state index contributed by atoms with van der Waals surface area (Å²) in [4.78, 5) is 16.1. The minimum Gasteiger partial charge on any atom is -0.492 e. The molecule has 1 aliphatic rings. The molecule has 0 spiro atoms. The summed E-state index contributed by atoms with van der Waals surface area (Å²) in [6.45, 7) is 2.51. The van der Waals surface area contributed by atoms with Crippen LogP contribution < -0.4 is 4.74 Å². The molecule has 0 saturated heterocycles. The van der Waals surface area contributed by atoms with E-state index in [9.17, 15) is 4.79 Å². The second kappa shape index (κ2) is 6.78. The third-order valence-corrected chi connectivity index (χ3v) is 4.47. The Labute approximate surface area is 112 Å². The number of ketones is 1. The van der Waals surface area contributed by atoms with Crippen LogP contribution in [-0.2, 0) is 0 Å². The van der Waals surface area contributed by atoms with Crippen LogP contribution in [0.25, 0.3) is 0 Å². The van der Waals surface area contributed by atoms with Gasteiger partial charge in [-0.15, -0.1) is 0 Å². The first-order valence-electron chi connectivity index (χ1n) is 6.52. The maximum absolute atomic E-state index is 12.0. The number of hydrogen-bond donors (Lipinski definition) is 0. The maximum atomic E-state index is 12.0. The van der Waals surface area contributed by atoms with Gasteiger partial charge >= 0.3 is 0 Å². The van der Waals surface area contributed by atoms with Crippen molar-refractivity contribution in [2.24, 2.45) is 0 Å². The highest BCUT2D eigenvalue weighted by Gasteiger charge is 2.17. The van der Waals surface area contributed by atoms with Crippen molar-refractivity contribution in [2.45, 2.75) is 37.9 Å². The molecular formula is C14H19NO2S. The van der Waals surface area contributed by atoms with E-state index >= 15 is 0 Å². The zero-order valence-electron chi connectivity index (χ0n) is 10.7. The SMILES string of the molecule is CCOc1cncc(C(=O)CSC2CCCC2)c1. The van der Waals surface area contributed by atoms with E-state index in [1.807, 2.05) is 6.92 Å². The molecule has 0 aliphatic heterocycles. The summed E-state index contributed by atoms with van der Waals surface area (Å²) < 4.78 is 5.35. The molecule has 2 rings (SSSR count). The summed E-state index contributed by atoms with van der Waals surface area (Å²) in [5.74, 6) is 1.39. The van der Waals surface area contributed by atoms with Gasteiger partial charge < -0.3 is 4.74 Å². The van der Waals surface area contributed by atoms with E-state index < -0.39 is 0 Å². The molecule has 1 heterocycles. The van der Waals surface area contributed by atoms with Crippen molar-refractivity contribution < 1.29 is 9.53 Å². The standard InChI is InChI=1S/C14H19NO2S/c1-2-17-12-7-11(8-15-9-12)14(16)10-18-13-5-3-4-6-13/h7-9,13H,2-6,10H2,1H3. The monoisotopic (exact) mass is 265 g/mol. The lowest BCUT2D eigenvalue weighted by molar-refractivity contribution is 0.102. The van der Waals surface area contributed by atoms with Crippen LogP contribution in [0.1, 0.15) is 43.0 Å². The Hall–Kier alpha value is -1.03. The van der Waals surface area contributed by atoms with Crippen LogP contribution >= 0.6 is 11.8 Å². The Morgan fingerprint density at radius 2 is 2.22 bits per heavy atom. The highest BCUT2D eigenvalue weighted by Crippen LogP contribution is 2.29. The topological polar surface area (TPSA) is 39.2 Å². The first-order valence-corrected chi connectivity index (χ1v) is 7.57. The second-order valence-corrected chi connectivity index (χ2v) is 5.77. The van der Waals surface area contributed by atoms with Gasteiger partial charge in [-0.1, -0.05) is 12.8 Å². The van der Waals surface area contributed by atoms with Crippen LogP contribution in [0.2, 0.25) is 0 Å². The van der Waals surface area contributed by atoms with Gasteiger partial charge in [0.15, 0.2) is 5.78 Å². The van der Waals surface area contributed by atoms with Crippen LogP contribution in [0.5, 0.6) is 5.75 Å². The number of thioether (sulfide) groups is 1. The largest absolute Gasteiger partial charge is 0.492 e. The summed E-state index contributed by atoms with van der Waals surface area (Å²) in [6, 6.07) is 1.79. The number of hydrogen-bond acceptors (Lipinski definition) is 4. The van der Waals surface area contributed by atoms with Gasteiger partial charge in [0, 0.05) is 17.0 Å². The van der Waals surface area contributed by atoms with Gasteiger partial charge in [-0.05, 0) is 25.8 Å². The van der Waals surface area contributed by atoms with Gasteiger partial charge in [0.25, 0.3) is 0 Å². The number of pyridine rings is 1. The molecule has 4 heteroatoms. The minimum absolute atomic E-state index is 0.154. The molecule has 0 unspecified atom stereocenters. The molecule has 1 aliphatic carbocycles. The molecule has 1 aromatic rings. The van der Waals surface area contributed by atoms with E-state index in [2.05, 4.69) is 4.98 Å². The molecule has 0 N–H and O–H groups in total. The Kier molecular flexibility index (Phi) is 5.05. The summed E-state index contributed by atoms with van der Waals surface area (Å²) in [5.41, 5.74) is 0.659. The lowest BCUT2D eigenvalue weighted by Gasteiger charge is -2.08. The quantitative estimate of drug-likeness (QED) is 0.740. The number of ether oxygens (including phenoxy) is 1. The van der Waals surface area contributed by atoms with Crippen molar-refractivity contribution >= 4 is 17.5 Å². The first-order chi connectivity index (χ1) is 8.79. The molecule has 18 heavy (non-hydrogen) atoms. The number of rotatable bonds is 6. The predicted molar refractivity (Wildman–Crippen MR) is 74.5 cm³/mol. The maximum Gasteiger partial charge on any atom is 0.174 e. The molecule has 0 bridgehead atoms. The average Bonchev–Trinajstić information content (AvgIpc) is 2.90. The van der Waals surface area contributed by atoms with Crippen LogP contribution in [0.3, 0.4) is 0 Å². The lowest BCUT2D eigenvalue weighted by atomic mass is 10.2. The number of carbonyl (C=O) groups excluding carboxylic acids is 1. The highest BCUT2D eigenvalue weighted by atomic mass is 32.2. The second-order valence-electron chi connectivity index (χ2n) is 4.48. The van der Waals surface area contributed by atoms with E-state index in [1.165, 1.54) is 25.7 Å². The lowest BCUT2D eigenvalue weighted by Crippen LogP contribution is -2.07. The van der Waals surface area contributed by atoms with E-state index in [0.29, 0.717) is 28.9 Å². The number of carbonyl (C=O) groups is 1. The highest BCUT2D eigenvalue weighted by molar-refractivity contribution is 8.00. The Balaban J connectivity index is 1.89. The van der Waals surface area contributed by atoms with Crippen molar-refractivity contribution in [3.63, 3.8) is 0 Å². The molecule has 0 amide bonds. The molecule has 1 aromatic heterocycles. The van der Waals surface area contributed by atoms with E-state index in [-0.39, 0.29) is 5.78 Å². The molecule has 3 nitrogen and oxygen atoms in total. The zero-order chi connectivity index (χ0) is 12.8. The van der Waals surface area contributed by atoms with Gasteiger partial charge in [0.2, 0.25) is 0 Å². The molecule has 1 fully saturated rings. The normalized spacial score (nSPS) is 15.8. The molecular weight excluding hydrogens is 246 g/mol. The number of Topliss-reactive ketones (excluding diaryl/α,β-unsaturated/α-hetero) is 1. The first kappa shape index (κ1) is 13.4. The van der Waals surface area contributed by atoms with Gasteiger partial charge in [0.1, 0.15) is 5.75 Å². The van der Waals surface area contributed by atoms with Gasteiger partial charge in [-0.25, -0.2) is 0 Å². The van der Waals surface area contributed by atoms with E-state index in [1.54, 1.807) is 30.2 Å². The van der Waals surface area contributed by atoms with Crippen molar-refractivity contribution in [1.29, 1.82) is 0 Å². The summed E-state index contributed by atoms with van der Waals surface area (Å²) in [6.07, 6.45) is 8.41. The molecule has 0 atom stereocenters. The molecule has 0 aromatic carbocycles. The van der Waals surface area contributed by atoms with Crippen molar-refractivity contribution in [3.8, 4) is 5.75 Å². The molecule has 1 saturated carbocycles. The Bertz CT molecular complexity index is 403. The summed E-state index contributed by atoms with van der Waals surface area (Å²) >= 11 is 1.79. The van der Waals surface area contributed by atoms with Gasteiger partial charge in [-0.3, -0.25) is 9.78 Å². The van der Waals surface area contributed by atoms with Crippen LogP contribution in [0.15, 0.2) is 18.5 Å². The fraction of sp³-hybridized carbons (Fsp3) is 0.571. The van der Waals surface area contributed by atoms with E-state index in [4.69, 9.17) is 4.74 Å². The third kappa shape index (κ3) is 3.73. The zero-order valence-corrected chi connectivity index (χ0v) is 11.5. The predicted octanol–water partition coefficient (Wildman–Crippen LogP) is 3.34. The minimum atomic E-state index is 0.154. The number of aromatic nitrogens is 1. The fourth-order valence-corrected chi connectivity index (χ4v) is 3.37. The molecule has 98 valence electrons. The van der Waals surface area contributed by atoms with Gasteiger partial charge in [0.05, 0.1) is 18.6 Å². The molecule has 0 radical (unpaired) electrons. The van der Waals surface area contributed by atoms with Crippen molar-refractivity contribution in [1.82, 2.24) is 4.98 Å². The van der Waals surface area contributed by atoms with E-state index in [0.717, 1.165) is 0 Å². The Morgan fingerprint density at radius 3 is 2.94 bits per heavy atom. The van der Waals surface area contributed by atoms with Crippen LogP contribution in [-0.4, -0.2) is 28.4 Å². The smallest absolute Gasteiger partial charge is 0.174 e. The fourth-order valence-electron chi connectivity index (χ4n) is 2.15. The van der Waals surface area contributed by atoms with Crippen molar-refractivity contribution in [3.05, 3.63) is 24.0 Å². The van der Waals surface area contributed by atoms with Gasteiger partial charge in [-0.2, -0.15) is 11.8 Å². The Morgan fingerprint density at radius 1 is 1.44 bits per heavy atom. The summed E-state index contributed by atoms with van der Waals surface area (Å²) in [7, 11) is 0.